The number of nitrogens with one attached hydrogen (secondary N) is 1. The van der Waals surface area contributed by atoms with Gasteiger partial charge in [-0.05, 0) is 6.42 Å². The number of hydrogen-bond donors (Lipinski definition) is 1. The van der Waals surface area contributed by atoms with Crippen LogP contribution in [0.1, 0.15) is 6.42 Å². The molecule has 1 atom stereocenters. The lowest BCUT2D eigenvalue weighted by molar-refractivity contribution is -0.127. The van der Waals surface area contributed by atoms with E-state index in [1.54, 1.807) is 11.9 Å². The Morgan fingerprint density at radius 2 is 2.43 bits per heavy atom. The first-order valence-corrected chi connectivity index (χ1v) is 5.29. The van der Waals surface area contributed by atoms with Crippen LogP contribution in [0.25, 0.3) is 0 Å². The predicted molar refractivity (Wildman–Crippen MR) is 54.6 cm³/mol. The van der Waals surface area contributed by atoms with Gasteiger partial charge in [0.25, 0.3) is 0 Å². The second-order valence-corrected chi connectivity index (χ2v) is 4.04. The molecule has 1 aliphatic heterocycles. The first kappa shape index (κ1) is 9.67. The third kappa shape index (κ3) is 1.67. The van der Waals surface area contributed by atoms with Crippen molar-refractivity contribution in [2.45, 2.75) is 12.5 Å². The summed E-state index contributed by atoms with van der Waals surface area (Å²) in [6.45, 7) is 0.770. The van der Waals surface area contributed by atoms with Crippen molar-refractivity contribution in [3.05, 3.63) is 5.15 Å². The summed E-state index contributed by atoms with van der Waals surface area (Å²) in [6.07, 6.45) is 0.781. The maximum atomic E-state index is 11.5. The van der Waals surface area contributed by atoms with Gasteiger partial charge in [0.15, 0.2) is 11.0 Å². The minimum atomic E-state index is -0.207. The van der Waals surface area contributed by atoms with Crippen LogP contribution in [0.3, 0.4) is 0 Å². The zero-order chi connectivity index (χ0) is 10.1. The molecule has 7 heteroatoms. The molecular formula is C7H9ClN4OS. The van der Waals surface area contributed by atoms with Gasteiger partial charge in [-0.15, -0.1) is 0 Å². The number of amides is 1. The van der Waals surface area contributed by atoms with E-state index < -0.39 is 0 Å². The molecule has 76 valence electrons. The summed E-state index contributed by atoms with van der Waals surface area (Å²) in [7, 11) is 1.78. The fourth-order valence-corrected chi connectivity index (χ4v) is 2.04. The van der Waals surface area contributed by atoms with E-state index in [1.165, 1.54) is 0 Å². The number of anilines is 1. The van der Waals surface area contributed by atoms with Crippen LogP contribution in [0.15, 0.2) is 0 Å². The van der Waals surface area contributed by atoms with Crippen molar-refractivity contribution in [3.8, 4) is 0 Å². The van der Waals surface area contributed by atoms with E-state index in [1.807, 2.05) is 0 Å². The van der Waals surface area contributed by atoms with E-state index >= 15 is 0 Å². The van der Waals surface area contributed by atoms with Crippen LogP contribution in [-0.2, 0) is 4.79 Å². The Kier molecular flexibility index (Phi) is 2.56. The Labute approximate surface area is 90.4 Å². The molecule has 1 aliphatic rings. The highest BCUT2D eigenvalue weighted by Gasteiger charge is 2.29. The molecule has 2 rings (SSSR count). The summed E-state index contributed by atoms with van der Waals surface area (Å²) in [4.78, 5) is 13.2. The average Bonchev–Trinajstić information content (AvgIpc) is 2.68. The minimum Gasteiger partial charge on any atom is -0.355 e. The van der Waals surface area contributed by atoms with E-state index in [-0.39, 0.29) is 11.9 Å². The molecule has 1 saturated heterocycles. The summed E-state index contributed by atoms with van der Waals surface area (Å²) < 4.78 is 7.77. The standard InChI is InChI=1S/C7H9ClN4OS/c1-12-3-2-4(7(12)13)9-6-5(8)10-14-11-6/h4H,2-3H2,1H3,(H,9,11). The first-order chi connectivity index (χ1) is 6.68. The van der Waals surface area contributed by atoms with E-state index in [2.05, 4.69) is 14.1 Å². The topological polar surface area (TPSA) is 58.1 Å². The number of nitrogens with zero attached hydrogens (tertiary/aromatic N) is 3. The van der Waals surface area contributed by atoms with Crippen molar-refractivity contribution in [3.63, 3.8) is 0 Å². The van der Waals surface area contributed by atoms with Crippen molar-refractivity contribution >= 4 is 35.1 Å². The molecule has 0 aromatic carbocycles. The first-order valence-electron chi connectivity index (χ1n) is 4.18. The molecule has 0 saturated carbocycles. The SMILES string of the molecule is CN1CCC(Nc2nsnc2Cl)C1=O. The van der Waals surface area contributed by atoms with Gasteiger partial charge < -0.3 is 10.2 Å². The van der Waals surface area contributed by atoms with Gasteiger partial charge in [0.1, 0.15) is 6.04 Å². The van der Waals surface area contributed by atoms with Crippen molar-refractivity contribution in [1.82, 2.24) is 13.6 Å². The molecule has 0 bridgehead atoms. The van der Waals surface area contributed by atoms with Crippen LogP contribution in [0.5, 0.6) is 0 Å². The molecule has 1 aromatic rings. The fourth-order valence-electron chi connectivity index (χ4n) is 1.39. The van der Waals surface area contributed by atoms with Crippen molar-refractivity contribution in [1.29, 1.82) is 0 Å². The van der Waals surface area contributed by atoms with Crippen molar-refractivity contribution < 1.29 is 4.79 Å². The molecule has 1 unspecified atom stereocenters. The molecule has 1 aromatic heterocycles. The van der Waals surface area contributed by atoms with E-state index in [0.717, 1.165) is 24.7 Å². The van der Waals surface area contributed by atoms with Crippen molar-refractivity contribution in [2.24, 2.45) is 0 Å². The molecule has 0 aliphatic carbocycles. The van der Waals surface area contributed by atoms with Gasteiger partial charge in [0.05, 0.1) is 11.7 Å². The van der Waals surface area contributed by atoms with Crippen LogP contribution in [0.4, 0.5) is 5.82 Å². The second kappa shape index (κ2) is 3.70. The van der Waals surface area contributed by atoms with E-state index in [9.17, 15) is 4.79 Å². The molecular weight excluding hydrogens is 224 g/mol. The van der Waals surface area contributed by atoms with Crippen LogP contribution in [0, 0.1) is 0 Å². The Morgan fingerprint density at radius 1 is 1.64 bits per heavy atom. The maximum absolute atomic E-state index is 11.5. The fraction of sp³-hybridized carbons (Fsp3) is 0.571. The van der Waals surface area contributed by atoms with Gasteiger partial charge in [-0.25, -0.2) is 0 Å². The number of aromatic nitrogens is 2. The minimum absolute atomic E-state index is 0.0778. The lowest BCUT2D eigenvalue weighted by Gasteiger charge is -2.10. The Hall–Kier alpha value is -0.880. The molecule has 0 radical (unpaired) electrons. The normalized spacial score (nSPS) is 21.7. The Morgan fingerprint density at radius 3 is 2.93 bits per heavy atom. The van der Waals surface area contributed by atoms with Crippen LogP contribution in [0.2, 0.25) is 5.15 Å². The van der Waals surface area contributed by atoms with Gasteiger partial charge in [0.2, 0.25) is 5.91 Å². The number of halogens is 1. The number of likely N-dealkylation sites (tertiary alicyclic amines) is 1. The quantitative estimate of drug-likeness (QED) is 0.821. The van der Waals surface area contributed by atoms with Crippen LogP contribution >= 0.6 is 23.3 Å². The van der Waals surface area contributed by atoms with Gasteiger partial charge >= 0.3 is 0 Å². The Balaban J connectivity index is 2.06. The number of likely N-dealkylation sites (N-methyl/N-ethyl adjacent to an activating group) is 1. The van der Waals surface area contributed by atoms with Gasteiger partial charge in [-0.3, -0.25) is 4.79 Å². The number of carbonyl (C=O) groups excluding carboxylic acids is 1. The second-order valence-electron chi connectivity index (χ2n) is 3.15. The zero-order valence-corrected chi connectivity index (χ0v) is 9.10. The third-order valence-corrected chi connectivity index (χ3v) is 3.08. The molecule has 1 amide bonds. The monoisotopic (exact) mass is 232 g/mol. The van der Waals surface area contributed by atoms with Gasteiger partial charge in [-0.1, -0.05) is 11.6 Å². The molecule has 1 fully saturated rings. The van der Waals surface area contributed by atoms with E-state index in [4.69, 9.17) is 11.6 Å². The number of hydrogen-bond acceptors (Lipinski definition) is 5. The highest BCUT2D eigenvalue weighted by Crippen LogP contribution is 2.21. The predicted octanol–water partition coefficient (Wildman–Crippen LogP) is 0.834. The summed E-state index contributed by atoms with van der Waals surface area (Å²) in [5.74, 6) is 0.583. The maximum Gasteiger partial charge on any atom is 0.244 e. The summed E-state index contributed by atoms with van der Waals surface area (Å²) >= 11 is 6.78. The molecule has 14 heavy (non-hydrogen) atoms. The summed E-state index contributed by atoms with van der Waals surface area (Å²) in [6, 6.07) is -0.207. The zero-order valence-electron chi connectivity index (χ0n) is 7.53. The molecule has 1 N–H and O–H groups in total. The largest absolute Gasteiger partial charge is 0.355 e. The van der Waals surface area contributed by atoms with Crippen LogP contribution in [-0.4, -0.2) is 39.2 Å². The highest BCUT2D eigenvalue weighted by molar-refractivity contribution is 6.99. The van der Waals surface area contributed by atoms with E-state index in [0.29, 0.717) is 11.0 Å². The smallest absolute Gasteiger partial charge is 0.244 e. The average molecular weight is 233 g/mol. The highest BCUT2D eigenvalue weighted by atomic mass is 35.5. The summed E-state index contributed by atoms with van der Waals surface area (Å²) in [5.41, 5.74) is 0. The van der Waals surface area contributed by atoms with Gasteiger partial charge in [-0.2, -0.15) is 8.75 Å². The molecule has 0 spiro atoms. The lowest BCUT2D eigenvalue weighted by atomic mass is 10.2. The lowest BCUT2D eigenvalue weighted by Crippen LogP contribution is -2.31. The van der Waals surface area contributed by atoms with Gasteiger partial charge in [0, 0.05) is 13.6 Å². The number of carbonyl (C=O) groups is 1. The van der Waals surface area contributed by atoms with Crippen molar-refractivity contribution in [2.75, 3.05) is 18.9 Å². The molecule has 2 heterocycles. The number of rotatable bonds is 2. The summed E-state index contributed by atoms with van der Waals surface area (Å²) in [5, 5.41) is 3.31. The van der Waals surface area contributed by atoms with Crippen LogP contribution < -0.4 is 5.32 Å². The Bertz CT molecular complexity index is 355. The third-order valence-electron chi connectivity index (χ3n) is 2.19. The molecule has 5 nitrogen and oxygen atoms in total.